The van der Waals surface area contributed by atoms with Crippen LogP contribution in [0.3, 0.4) is 0 Å². The second-order valence-corrected chi connectivity index (χ2v) is 5.39. The molecule has 1 N–H and O–H groups in total. The number of nitrogens with one attached hydrogen (secondary N) is 1. The number of piperidine rings is 1. The summed E-state index contributed by atoms with van der Waals surface area (Å²) >= 11 is 0. The first-order valence-corrected chi connectivity index (χ1v) is 6.88. The van der Waals surface area contributed by atoms with E-state index in [0.29, 0.717) is 0 Å². The van der Waals surface area contributed by atoms with Crippen LogP contribution in [0.5, 0.6) is 0 Å². The lowest BCUT2D eigenvalue weighted by Crippen LogP contribution is -2.30. The second kappa shape index (κ2) is 6.14. The van der Waals surface area contributed by atoms with Crippen molar-refractivity contribution in [3.8, 4) is 0 Å². The van der Waals surface area contributed by atoms with E-state index in [1.54, 1.807) is 0 Å². The van der Waals surface area contributed by atoms with Gasteiger partial charge in [0.25, 0.3) is 0 Å². The predicted molar refractivity (Wildman–Crippen MR) is 74.8 cm³/mol. The maximum atomic E-state index is 4.49. The highest BCUT2D eigenvalue weighted by molar-refractivity contribution is 5.33. The van der Waals surface area contributed by atoms with Crippen LogP contribution in [0.1, 0.15) is 30.7 Å². The summed E-state index contributed by atoms with van der Waals surface area (Å²) in [5.41, 5.74) is 2.02. The Morgan fingerprint density at radius 3 is 2.67 bits per heavy atom. The van der Waals surface area contributed by atoms with E-state index in [-0.39, 0.29) is 0 Å². The van der Waals surface area contributed by atoms with Crippen molar-refractivity contribution >= 4 is 5.82 Å². The van der Waals surface area contributed by atoms with Crippen LogP contribution in [0.2, 0.25) is 0 Å². The molecule has 2 rings (SSSR count). The molecular weight excluding hydrogens is 224 g/mol. The molecule has 1 aromatic rings. The first-order chi connectivity index (χ1) is 8.65. The Kier molecular flexibility index (Phi) is 4.53. The van der Waals surface area contributed by atoms with Gasteiger partial charge in [0.15, 0.2) is 0 Å². The van der Waals surface area contributed by atoms with E-state index in [4.69, 9.17) is 0 Å². The minimum absolute atomic E-state index is 0.869. The Morgan fingerprint density at radius 1 is 1.28 bits per heavy atom. The van der Waals surface area contributed by atoms with Crippen molar-refractivity contribution in [2.24, 2.45) is 5.92 Å². The minimum Gasteiger partial charge on any atom is -0.369 e. The molecule has 0 amide bonds. The van der Waals surface area contributed by atoms with Crippen molar-refractivity contribution < 1.29 is 0 Å². The molecule has 1 saturated heterocycles. The Bertz CT molecular complexity index is 383. The average Bonchev–Trinajstić information content (AvgIpc) is 2.36. The van der Waals surface area contributed by atoms with Gasteiger partial charge in [0.1, 0.15) is 5.82 Å². The maximum absolute atomic E-state index is 4.49. The fourth-order valence-corrected chi connectivity index (χ4v) is 2.38. The van der Waals surface area contributed by atoms with Crippen LogP contribution in [-0.4, -0.2) is 41.5 Å². The van der Waals surface area contributed by atoms with Crippen molar-refractivity contribution in [2.75, 3.05) is 32.0 Å². The van der Waals surface area contributed by atoms with Gasteiger partial charge in [-0.2, -0.15) is 0 Å². The Hall–Kier alpha value is -1.16. The fourth-order valence-electron chi connectivity index (χ4n) is 2.38. The molecule has 1 fully saturated rings. The zero-order chi connectivity index (χ0) is 13.0. The third kappa shape index (κ3) is 3.67. The fraction of sp³-hybridized carbons (Fsp3) is 0.714. The standard InChI is InChI=1S/C14H24N4/c1-11-12(2)17-14(10-16-11)15-7-4-13-5-8-18(3)9-6-13/h10,13H,4-9H2,1-3H3,(H,15,17). The normalized spacial score (nSPS) is 17.9. The lowest BCUT2D eigenvalue weighted by atomic mass is 9.94. The van der Waals surface area contributed by atoms with E-state index in [0.717, 1.165) is 29.7 Å². The Morgan fingerprint density at radius 2 is 2.00 bits per heavy atom. The molecule has 0 radical (unpaired) electrons. The SMILES string of the molecule is Cc1ncc(NCCC2CCN(C)CC2)nc1C. The third-order valence-corrected chi connectivity index (χ3v) is 3.89. The molecule has 1 aromatic heterocycles. The summed E-state index contributed by atoms with van der Waals surface area (Å²) in [4.78, 5) is 11.2. The van der Waals surface area contributed by atoms with E-state index in [9.17, 15) is 0 Å². The first kappa shape index (κ1) is 13.3. The van der Waals surface area contributed by atoms with Gasteiger partial charge in [-0.1, -0.05) is 0 Å². The van der Waals surface area contributed by atoms with Crippen LogP contribution >= 0.6 is 0 Å². The van der Waals surface area contributed by atoms with Crippen LogP contribution in [0, 0.1) is 19.8 Å². The van der Waals surface area contributed by atoms with Gasteiger partial charge in [-0.25, -0.2) is 4.98 Å². The topological polar surface area (TPSA) is 41.1 Å². The summed E-state index contributed by atoms with van der Waals surface area (Å²) < 4.78 is 0. The van der Waals surface area contributed by atoms with Crippen LogP contribution in [0.15, 0.2) is 6.20 Å². The van der Waals surface area contributed by atoms with Crippen molar-refractivity contribution in [3.05, 3.63) is 17.6 Å². The van der Waals surface area contributed by atoms with Gasteiger partial charge in [-0.15, -0.1) is 0 Å². The summed E-state index contributed by atoms with van der Waals surface area (Å²) in [6, 6.07) is 0. The van der Waals surface area contributed by atoms with Crippen molar-refractivity contribution in [1.82, 2.24) is 14.9 Å². The molecule has 2 heterocycles. The van der Waals surface area contributed by atoms with Gasteiger partial charge >= 0.3 is 0 Å². The highest BCUT2D eigenvalue weighted by Gasteiger charge is 2.15. The van der Waals surface area contributed by atoms with Crippen LogP contribution in [0.4, 0.5) is 5.82 Å². The van der Waals surface area contributed by atoms with Crippen molar-refractivity contribution in [1.29, 1.82) is 0 Å². The number of aromatic nitrogens is 2. The van der Waals surface area contributed by atoms with E-state index in [1.165, 1.54) is 32.4 Å². The Balaban J connectivity index is 1.73. The van der Waals surface area contributed by atoms with Crippen LogP contribution in [0.25, 0.3) is 0 Å². The smallest absolute Gasteiger partial charge is 0.144 e. The van der Waals surface area contributed by atoms with E-state index in [2.05, 4.69) is 27.2 Å². The van der Waals surface area contributed by atoms with Gasteiger partial charge in [0.2, 0.25) is 0 Å². The molecule has 18 heavy (non-hydrogen) atoms. The summed E-state index contributed by atoms with van der Waals surface area (Å²) in [6.45, 7) is 7.49. The Labute approximate surface area is 110 Å². The molecule has 0 saturated carbocycles. The monoisotopic (exact) mass is 248 g/mol. The van der Waals surface area contributed by atoms with Gasteiger partial charge in [0, 0.05) is 6.54 Å². The number of hydrogen-bond acceptors (Lipinski definition) is 4. The summed E-state index contributed by atoms with van der Waals surface area (Å²) in [5.74, 6) is 1.78. The molecule has 0 bridgehead atoms. The molecule has 0 spiro atoms. The highest BCUT2D eigenvalue weighted by Crippen LogP contribution is 2.19. The molecule has 4 heteroatoms. The maximum Gasteiger partial charge on any atom is 0.144 e. The average molecular weight is 248 g/mol. The van der Waals surface area contributed by atoms with Gasteiger partial charge in [-0.3, -0.25) is 4.98 Å². The van der Waals surface area contributed by atoms with Gasteiger partial charge in [-0.05, 0) is 59.2 Å². The highest BCUT2D eigenvalue weighted by atomic mass is 15.1. The number of anilines is 1. The number of aryl methyl sites for hydroxylation is 2. The largest absolute Gasteiger partial charge is 0.369 e. The number of nitrogens with zero attached hydrogens (tertiary/aromatic N) is 3. The molecule has 0 aromatic carbocycles. The molecule has 0 aliphatic carbocycles. The molecule has 4 nitrogen and oxygen atoms in total. The molecule has 0 unspecified atom stereocenters. The molecular formula is C14H24N4. The van der Waals surface area contributed by atoms with E-state index in [1.807, 2.05) is 20.0 Å². The van der Waals surface area contributed by atoms with Crippen molar-refractivity contribution in [2.45, 2.75) is 33.1 Å². The van der Waals surface area contributed by atoms with Gasteiger partial charge in [0.05, 0.1) is 17.6 Å². The van der Waals surface area contributed by atoms with E-state index < -0.39 is 0 Å². The molecule has 0 atom stereocenters. The number of likely N-dealkylation sites (tertiary alicyclic amines) is 1. The minimum atomic E-state index is 0.869. The third-order valence-electron chi connectivity index (χ3n) is 3.89. The molecule has 1 aliphatic heterocycles. The first-order valence-electron chi connectivity index (χ1n) is 6.88. The number of hydrogen-bond donors (Lipinski definition) is 1. The summed E-state index contributed by atoms with van der Waals surface area (Å²) in [5, 5.41) is 3.38. The zero-order valence-corrected chi connectivity index (χ0v) is 11.7. The summed E-state index contributed by atoms with van der Waals surface area (Å²) in [6.07, 6.45) is 5.73. The zero-order valence-electron chi connectivity index (χ0n) is 11.7. The lowest BCUT2D eigenvalue weighted by Gasteiger charge is -2.28. The van der Waals surface area contributed by atoms with Crippen LogP contribution in [-0.2, 0) is 0 Å². The number of rotatable bonds is 4. The summed E-state index contributed by atoms with van der Waals surface area (Å²) in [7, 11) is 2.21. The van der Waals surface area contributed by atoms with Crippen molar-refractivity contribution in [3.63, 3.8) is 0 Å². The lowest BCUT2D eigenvalue weighted by molar-refractivity contribution is 0.215. The second-order valence-electron chi connectivity index (χ2n) is 5.39. The quantitative estimate of drug-likeness (QED) is 0.887. The predicted octanol–water partition coefficient (Wildman–Crippen LogP) is 2.24. The molecule has 100 valence electrons. The van der Waals surface area contributed by atoms with Crippen LogP contribution < -0.4 is 5.32 Å². The molecule has 1 aliphatic rings. The van der Waals surface area contributed by atoms with Gasteiger partial charge < -0.3 is 10.2 Å². The van der Waals surface area contributed by atoms with E-state index >= 15 is 0 Å².